The summed E-state index contributed by atoms with van der Waals surface area (Å²) in [5.41, 5.74) is 0. The topological polar surface area (TPSA) is 38.7 Å². The van der Waals surface area contributed by atoms with E-state index in [1.54, 1.807) is 0 Å². The van der Waals surface area contributed by atoms with Crippen LogP contribution in [0.25, 0.3) is 0 Å². The van der Waals surface area contributed by atoms with Crippen LogP contribution >= 0.6 is 11.8 Å². The molecule has 0 saturated carbocycles. The Balaban J connectivity index is 2.73. The Morgan fingerprint density at radius 3 is 2.33 bits per heavy atom. The molecule has 0 rings (SSSR count). The minimum atomic E-state index is 0.0890. The number of hydrogen-bond acceptors (Lipinski definition) is 4. The SMILES string of the molecule is CCSCCOCCOCCO. The van der Waals surface area contributed by atoms with Gasteiger partial charge in [-0.1, -0.05) is 6.92 Å². The predicted octanol–water partition coefficient (Wildman–Crippen LogP) is 0.765. The van der Waals surface area contributed by atoms with Crippen molar-refractivity contribution < 1.29 is 14.6 Å². The van der Waals surface area contributed by atoms with E-state index in [9.17, 15) is 0 Å². The number of ether oxygens (including phenoxy) is 2. The first kappa shape index (κ1) is 12.2. The van der Waals surface area contributed by atoms with Gasteiger partial charge in [0, 0.05) is 5.75 Å². The van der Waals surface area contributed by atoms with Crippen molar-refractivity contribution >= 4 is 11.8 Å². The lowest BCUT2D eigenvalue weighted by Crippen LogP contribution is -2.08. The summed E-state index contributed by atoms with van der Waals surface area (Å²) in [5, 5.41) is 8.37. The zero-order chi connectivity index (χ0) is 9.07. The first-order valence-electron chi connectivity index (χ1n) is 4.26. The van der Waals surface area contributed by atoms with E-state index in [1.165, 1.54) is 0 Å². The molecule has 4 heteroatoms. The fourth-order valence-electron chi connectivity index (χ4n) is 0.649. The normalized spacial score (nSPS) is 10.5. The third-order valence-electron chi connectivity index (χ3n) is 1.18. The van der Waals surface area contributed by atoms with Crippen LogP contribution in [0, 0.1) is 0 Å². The molecule has 0 amide bonds. The van der Waals surface area contributed by atoms with Crippen molar-refractivity contribution in [1.82, 2.24) is 0 Å². The Morgan fingerprint density at radius 1 is 1.08 bits per heavy atom. The van der Waals surface area contributed by atoms with Gasteiger partial charge in [-0.25, -0.2) is 0 Å². The standard InChI is InChI=1S/C8H18O3S/c1-2-12-8-7-11-6-5-10-4-3-9/h9H,2-8H2,1H3. The molecule has 1 N–H and O–H groups in total. The van der Waals surface area contributed by atoms with Crippen LogP contribution in [-0.2, 0) is 9.47 Å². The summed E-state index contributed by atoms with van der Waals surface area (Å²) in [5.74, 6) is 2.20. The molecule has 0 aromatic rings. The van der Waals surface area contributed by atoms with Gasteiger partial charge in [0.15, 0.2) is 0 Å². The van der Waals surface area contributed by atoms with Gasteiger partial charge in [0.1, 0.15) is 0 Å². The highest BCUT2D eigenvalue weighted by atomic mass is 32.2. The Hall–Kier alpha value is 0.230. The predicted molar refractivity (Wildman–Crippen MR) is 51.7 cm³/mol. The zero-order valence-corrected chi connectivity index (χ0v) is 8.44. The second-order valence-electron chi connectivity index (χ2n) is 2.15. The van der Waals surface area contributed by atoms with E-state index >= 15 is 0 Å². The van der Waals surface area contributed by atoms with Gasteiger partial charge in [-0.15, -0.1) is 0 Å². The van der Waals surface area contributed by atoms with Crippen LogP contribution in [0.3, 0.4) is 0 Å². The third-order valence-corrected chi connectivity index (χ3v) is 2.05. The Kier molecular flexibility index (Phi) is 11.4. The van der Waals surface area contributed by atoms with E-state index in [0.29, 0.717) is 19.8 Å². The molecule has 0 aromatic carbocycles. The summed E-state index contributed by atoms with van der Waals surface area (Å²) in [6.07, 6.45) is 0. The molecular formula is C8H18O3S. The summed E-state index contributed by atoms with van der Waals surface area (Å²) in [4.78, 5) is 0. The van der Waals surface area contributed by atoms with E-state index in [0.717, 1.165) is 18.1 Å². The molecule has 0 aliphatic carbocycles. The second-order valence-corrected chi connectivity index (χ2v) is 3.54. The maximum Gasteiger partial charge on any atom is 0.0701 e. The van der Waals surface area contributed by atoms with E-state index in [4.69, 9.17) is 14.6 Å². The summed E-state index contributed by atoms with van der Waals surface area (Å²) in [6, 6.07) is 0. The molecule has 0 bridgehead atoms. The number of aliphatic hydroxyl groups is 1. The summed E-state index contributed by atoms with van der Waals surface area (Å²) < 4.78 is 10.3. The summed E-state index contributed by atoms with van der Waals surface area (Å²) >= 11 is 1.87. The van der Waals surface area contributed by atoms with E-state index in [-0.39, 0.29) is 6.61 Å². The molecule has 0 aliphatic heterocycles. The summed E-state index contributed by atoms with van der Waals surface area (Å²) in [6.45, 7) is 4.64. The molecule has 0 unspecified atom stereocenters. The van der Waals surface area contributed by atoms with Crippen molar-refractivity contribution in [3.63, 3.8) is 0 Å². The van der Waals surface area contributed by atoms with Gasteiger partial charge < -0.3 is 14.6 Å². The lowest BCUT2D eigenvalue weighted by Gasteiger charge is -2.03. The molecule has 0 heterocycles. The largest absolute Gasteiger partial charge is 0.394 e. The van der Waals surface area contributed by atoms with Crippen molar-refractivity contribution in [3.8, 4) is 0 Å². The molecule has 0 atom stereocenters. The molecule has 74 valence electrons. The Morgan fingerprint density at radius 2 is 1.75 bits per heavy atom. The van der Waals surface area contributed by atoms with Gasteiger partial charge in [0.05, 0.1) is 33.0 Å². The van der Waals surface area contributed by atoms with E-state index in [1.807, 2.05) is 11.8 Å². The average Bonchev–Trinajstić information content (AvgIpc) is 2.10. The second kappa shape index (κ2) is 11.2. The summed E-state index contributed by atoms with van der Waals surface area (Å²) in [7, 11) is 0. The molecule has 3 nitrogen and oxygen atoms in total. The van der Waals surface area contributed by atoms with Crippen LogP contribution in [-0.4, -0.2) is 49.6 Å². The van der Waals surface area contributed by atoms with Crippen LogP contribution in [0.4, 0.5) is 0 Å². The van der Waals surface area contributed by atoms with Crippen LogP contribution < -0.4 is 0 Å². The van der Waals surface area contributed by atoms with Crippen LogP contribution in [0.1, 0.15) is 6.92 Å². The highest BCUT2D eigenvalue weighted by molar-refractivity contribution is 7.99. The number of rotatable bonds is 9. The molecule has 0 aliphatic rings. The van der Waals surface area contributed by atoms with Crippen molar-refractivity contribution in [2.45, 2.75) is 6.92 Å². The maximum atomic E-state index is 8.37. The van der Waals surface area contributed by atoms with Gasteiger partial charge in [-0.3, -0.25) is 0 Å². The Bertz CT molecular complexity index is 70.7. The van der Waals surface area contributed by atoms with Crippen LogP contribution in [0.5, 0.6) is 0 Å². The highest BCUT2D eigenvalue weighted by Crippen LogP contribution is 1.96. The number of aliphatic hydroxyl groups excluding tert-OH is 1. The molecule has 0 aromatic heterocycles. The molecule has 12 heavy (non-hydrogen) atoms. The van der Waals surface area contributed by atoms with Crippen LogP contribution in [0.2, 0.25) is 0 Å². The molecule has 0 saturated heterocycles. The van der Waals surface area contributed by atoms with Crippen molar-refractivity contribution in [1.29, 1.82) is 0 Å². The van der Waals surface area contributed by atoms with Gasteiger partial charge in [0.2, 0.25) is 0 Å². The van der Waals surface area contributed by atoms with Crippen LogP contribution in [0.15, 0.2) is 0 Å². The quantitative estimate of drug-likeness (QED) is 0.550. The lowest BCUT2D eigenvalue weighted by molar-refractivity contribution is 0.0377. The molecule has 0 radical (unpaired) electrons. The highest BCUT2D eigenvalue weighted by Gasteiger charge is 1.89. The van der Waals surface area contributed by atoms with E-state index in [2.05, 4.69) is 6.92 Å². The fourth-order valence-corrected chi connectivity index (χ4v) is 1.17. The lowest BCUT2D eigenvalue weighted by atomic mass is 10.7. The first-order valence-corrected chi connectivity index (χ1v) is 5.41. The van der Waals surface area contributed by atoms with Crippen molar-refractivity contribution in [3.05, 3.63) is 0 Å². The monoisotopic (exact) mass is 194 g/mol. The minimum Gasteiger partial charge on any atom is -0.394 e. The maximum absolute atomic E-state index is 8.37. The molecule has 0 spiro atoms. The number of thioether (sulfide) groups is 1. The van der Waals surface area contributed by atoms with Gasteiger partial charge >= 0.3 is 0 Å². The first-order chi connectivity index (χ1) is 5.91. The Labute approximate surface area is 78.4 Å². The van der Waals surface area contributed by atoms with Crippen molar-refractivity contribution in [2.24, 2.45) is 0 Å². The smallest absolute Gasteiger partial charge is 0.0701 e. The van der Waals surface area contributed by atoms with Gasteiger partial charge in [-0.2, -0.15) is 11.8 Å². The fraction of sp³-hybridized carbons (Fsp3) is 1.00. The van der Waals surface area contributed by atoms with Crippen molar-refractivity contribution in [2.75, 3.05) is 44.5 Å². The number of hydrogen-bond donors (Lipinski definition) is 1. The molecule has 0 fully saturated rings. The average molecular weight is 194 g/mol. The zero-order valence-electron chi connectivity index (χ0n) is 7.62. The van der Waals surface area contributed by atoms with Gasteiger partial charge in [0.25, 0.3) is 0 Å². The minimum absolute atomic E-state index is 0.0890. The molecular weight excluding hydrogens is 176 g/mol. The third kappa shape index (κ3) is 10.2. The van der Waals surface area contributed by atoms with E-state index < -0.39 is 0 Å². The van der Waals surface area contributed by atoms with Gasteiger partial charge in [-0.05, 0) is 5.75 Å².